The van der Waals surface area contributed by atoms with E-state index in [0.29, 0.717) is 17.4 Å². The largest absolute Gasteiger partial charge is 0.508 e. The second kappa shape index (κ2) is 5.05. The van der Waals surface area contributed by atoms with Crippen LogP contribution < -0.4 is 5.32 Å². The first-order valence-corrected chi connectivity index (χ1v) is 6.11. The quantitative estimate of drug-likeness (QED) is 0.790. The molecule has 2 aromatic rings. The van der Waals surface area contributed by atoms with Gasteiger partial charge in [-0.1, -0.05) is 29.5 Å². The van der Waals surface area contributed by atoms with E-state index in [1.807, 2.05) is 6.07 Å². The Morgan fingerprint density at radius 1 is 1.44 bits per heavy atom. The van der Waals surface area contributed by atoms with Crippen LogP contribution in [0.15, 0.2) is 24.3 Å². The molecule has 0 saturated heterocycles. The van der Waals surface area contributed by atoms with Gasteiger partial charge in [-0.3, -0.25) is 0 Å². The normalized spacial score (nSPS) is 10.3. The molecule has 5 nitrogen and oxygen atoms in total. The third-order valence-corrected chi connectivity index (χ3v) is 3.52. The summed E-state index contributed by atoms with van der Waals surface area (Å²) in [6.07, 6.45) is 0. The third-order valence-electron chi connectivity index (χ3n) is 2.41. The minimum absolute atomic E-state index is 0.205. The fraction of sp³-hybridized carbons (Fsp3) is 0.167. The van der Waals surface area contributed by atoms with Crippen molar-refractivity contribution in [1.82, 2.24) is 4.98 Å². The fourth-order valence-corrected chi connectivity index (χ4v) is 2.30. The molecule has 0 aliphatic carbocycles. The van der Waals surface area contributed by atoms with Gasteiger partial charge in [0.2, 0.25) is 0 Å². The number of hydrogen-bond acceptors (Lipinski definition) is 5. The van der Waals surface area contributed by atoms with Crippen LogP contribution in [0.25, 0.3) is 0 Å². The number of carbonyl (C=O) groups is 1. The lowest BCUT2D eigenvalue weighted by molar-refractivity contribution is 0.0701. The summed E-state index contributed by atoms with van der Waals surface area (Å²) in [6.45, 7) is 2.06. The van der Waals surface area contributed by atoms with Gasteiger partial charge in [0.15, 0.2) is 5.13 Å². The SMILES string of the molecule is Cc1nc(NCc2ccccc2O)sc1C(=O)O. The molecule has 1 aromatic heterocycles. The Balaban J connectivity index is 2.09. The van der Waals surface area contributed by atoms with Crippen LogP contribution in [0.2, 0.25) is 0 Å². The molecule has 0 radical (unpaired) electrons. The average Bonchev–Trinajstić information content (AvgIpc) is 2.70. The maximum absolute atomic E-state index is 10.9. The predicted molar refractivity (Wildman–Crippen MR) is 69.2 cm³/mol. The summed E-state index contributed by atoms with van der Waals surface area (Å²) in [6, 6.07) is 6.97. The summed E-state index contributed by atoms with van der Waals surface area (Å²) >= 11 is 1.09. The zero-order chi connectivity index (χ0) is 13.1. The van der Waals surface area contributed by atoms with Crippen LogP contribution >= 0.6 is 11.3 Å². The van der Waals surface area contributed by atoms with Gasteiger partial charge in [0.05, 0.1) is 5.69 Å². The number of para-hydroxylation sites is 1. The molecule has 0 amide bonds. The molecule has 3 N–H and O–H groups in total. The van der Waals surface area contributed by atoms with E-state index in [-0.39, 0.29) is 10.6 Å². The summed E-state index contributed by atoms with van der Waals surface area (Å²) in [4.78, 5) is 15.2. The van der Waals surface area contributed by atoms with Gasteiger partial charge in [0, 0.05) is 12.1 Å². The van der Waals surface area contributed by atoms with Crippen molar-refractivity contribution >= 4 is 22.4 Å². The third kappa shape index (κ3) is 2.60. The first-order valence-electron chi connectivity index (χ1n) is 5.29. The van der Waals surface area contributed by atoms with Gasteiger partial charge in [-0.05, 0) is 13.0 Å². The molecule has 94 valence electrons. The number of hydrogen-bond donors (Lipinski definition) is 3. The molecule has 0 unspecified atom stereocenters. The zero-order valence-electron chi connectivity index (χ0n) is 9.67. The Labute approximate surface area is 108 Å². The van der Waals surface area contributed by atoms with E-state index < -0.39 is 5.97 Å². The molecule has 6 heteroatoms. The molecule has 18 heavy (non-hydrogen) atoms. The van der Waals surface area contributed by atoms with Crippen LogP contribution in [0.3, 0.4) is 0 Å². The highest BCUT2D eigenvalue weighted by Crippen LogP contribution is 2.24. The number of carboxylic acid groups (broad SMARTS) is 1. The van der Waals surface area contributed by atoms with E-state index in [9.17, 15) is 9.90 Å². The van der Waals surface area contributed by atoms with Crippen molar-refractivity contribution in [2.24, 2.45) is 0 Å². The Morgan fingerprint density at radius 3 is 2.78 bits per heavy atom. The Hall–Kier alpha value is -2.08. The molecule has 0 spiro atoms. The maximum atomic E-state index is 10.9. The Morgan fingerprint density at radius 2 is 2.17 bits per heavy atom. The summed E-state index contributed by atoms with van der Waals surface area (Å²) < 4.78 is 0. The van der Waals surface area contributed by atoms with Crippen LogP contribution in [0, 0.1) is 6.92 Å². The van der Waals surface area contributed by atoms with Crippen molar-refractivity contribution in [3.8, 4) is 5.75 Å². The molecular formula is C12H12N2O3S. The number of anilines is 1. The lowest BCUT2D eigenvalue weighted by Gasteiger charge is -2.04. The standard InChI is InChI=1S/C12H12N2O3S/c1-7-10(11(16)17)18-12(14-7)13-6-8-4-2-3-5-9(8)15/h2-5,15H,6H2,1H3,(H,13,14)(H,16,17). The summed E-state index contributed by atoms with van der Waals surface area (Å²) in [5, 5.41) is 22.0. The number of benzene rings is 1. The van der Waals surface area contributed by atoms with Gasteiger partial charge in [-0.25, -0.2) is 9.78 Å². The van der Waals surface area contributed by atoms with Crippen LogP contribution in [0.1, 0.15) is 20.9 Å². The van der Waals surface area contributed by atoms with Gasteiger partial charge in [0.25, 0.3) is 0 Å². The zero-order valence-corrected chi connectivity index (χ0v) is 10.5. The van der Waals surface area contributed by atoms with Crippen molar-refractivity contribution in [2.75, 3.05) is 5.32 Å². The van der Waals surface area contributed by atoms with E-state index in [4.69, 9.17) is 5.11 Å². The molecule has 2 rings (SSSR count). The van der Waals surface area contributed by atoms with Gasteiger partial charge < -0.3 is 15.5 Å². The highest BCUT2D eigenvalue weighted by atomic mass is 32.1. The van der Waals surface area contributed by atoms with Crippen LogP contribution in [-0.4, -0.2) is 21.2 Å². The van der Waals surface area contributed by atoms with Gasteiger partial charge >= 0.3 is 5.97 Å². The van der Waals surface area contributed by atoms with E-state index in [1.54, 1.807) is 25.1 Å². The first kappa shape index (κ1) is 12.4. The fourth-order valence-electron chi connectivity index (χ4n) is 1.50. The van der Waals surface area contributed by atoms with Gasteiger partial charge in [-0.15, -0.1) is 0 Å². The Kier molecular flexibility index (Phi) is 3.47. The van der Waals surface area contributed by atoms with E-state index >= 15 is 0 Å². The minimum Gasteiger partial charge on any atom is -0.508 e. The topological polar surface area (TPSA) is 82.5 Å². The predicted octanol–water partition coefficient (Wildman–Crippen LogP) is 2.47. The highest BCUT2D eigenvalue weighted by Gasteiger charge is 2.13. The molecule has 0 bridgehead atoms. The number of aromatic carboxylic acids is 1. The number of nitrogens with zero attached hydrogens (tertiary/aromatic N) is 1. The van der Waals surface area contributed by atoms with Crippen molar-refractivity contribution in [1.29, 1.82) is 0 Å². The Bertz CT molecular complexity index is 580. The van der Waals surface area contributed by atoms with Crippen LogP contribution in [0.5, 0.6) is 5.75 Å². The monoisotopic (exact) mass is 264 g/mol. The van der Waals surface area contributed by atoms with Crippen molar-refractivity contribution in [3.05, 3.63) is 40.4 Å². The van der Waals surface area contributed by atoms with Crippen molar-refractivity contribution in [2.45, 2.75) is 13.5 Å². The van der Waals surface area contributed by atoms with E-state index in [2.05, 4.69) is 10.3 Å². The number of phenolic OH excluding ortho intramolecular Hbond substituents is 1. The second-order valence-corrected chi connectivity index (χ2v) is 4.72. The number of thiazole rings is 1. The number of phenols is 1. The molecule has 0 fully saturated rings. The van der Waals surface area contributed by atoms with E-state index in [0.717, 1.165) is 16.9 Å². The van der Waals surface area contributed by atoms with Crippen molar-refractivity contribution < 1.29 is 15.0 Å². The molecule has 1 aromatic carbocycles. The molecule has 0 aliphatic rings. The van der Waals surface area contributed by atoms with E-state index in [1.165, 1.54) is 0 Å². The number of carboxylic acids is 1. The number of aromatic nitrogens is 1. The lowest BCUT2D eigenvalue weighted by atomic mass is 10.2. The summed E-state index contributed by atoms with van der Waals surface area (Å²) in [5.74, 6) is -0.766. The van der Waals surface area contributed by atoms with Gasteiger partial charge in [0.1, 0.15) is 10.6 Å². The molecule has 0 aliphatic heterocycles. The second-order valence-electron chi connectivity index (χ2n) is 3.72. The summed E-state index contributed by atoms with van der Waals surface area (Å²) in [5.41, 5.74) is 1.23. The maximum Gasteiger partial charge on any atom is 0.347 e. The molecular weight excluding hydrogens is 252 g/mol. The molecule has 0 saturated carbocycles. The van der Waals surface area contributed by atoms with Crippen LogP contribution in [-0.2, 0) is 6.54 Å². The number of nitrogens with one attached hydrogen (secondary N) is 1. The number of rotatable bonds is 4. The number of aromatic hydroxyl groups is 1. The summed E-state index contributed by atoms with van der Waals surface area (Å²) in [7, 11) is 0. The average molecular weight is 264 g/mol. The molecule has 1 heterocycles. The van der Waals surface area contributed by atoms with Crippen molar-refractivity contribution in [3.63, 3.8) is 0 Å². The van der Waals surface area contributed by atoms with Gasteiger partial charge in [-0.2, -0.15) is 0 Å². The first-order chi connectivity index (χ1) is 8.58. The van der Waals surface area contributed by atoms with Crippen LogP contribution in [0.4, 0.5) is 5.13 Å². The highest BCUT2D eigenvalue weighted by molar-refractivity contribution is 7.17. The smallest absolute Gasteiger partial charge is 0.347 e. The molecule has 0 atom stereocenters. The lowest BCUT2D eigenvalue weighted by Crippen LogP contribution is -1.98. The minimum atomic E-state index is -0.972. The number of aryl methyl sites for hydroxylation is 1.